The first-order valence-corrected chi connectivity index (χ1v) is 7.27. The Morgan fingerprint density at radius 3 is 2.15 bits per heavy atom. The Bertz CT molecular complexity index is 370. The zero-order valence-electron chi connectivity index (χ0n) is 11.9. The second-order valence-corrected chi connectivity index (χ2v) is 5.26. The van der Waals surface area contributed by atoms with E-state index in [0.29, 0.717) is 12.8 Å². The molecule has 1 N–H and O–H groups in total. The van der Waals surface area contributed by atoms with E-state index < -0.39 is 17.8 Å². The fourth-order valence-corrected chi connectivity index (χ4v) is 2.19. The van der Waals surface area contributed by atoms with Crippen molar-refractivity contribution >= 4 is 0 Å². The van der Waals surface area contributed by atoms with Crippen molar-refractivity contribution in [2.75, 3.05) is 0 Å². The number of aliphatic hydroxyl groups excluding tert-OH is 1. The van der Waals surface area contributed by atoms with Gasteiger partial charge in [0.1, 0.15) is 0 Å². The zero-order chi connectivity index (χ0) is 15.0. The number of aliphatic hydroxyl groups is 1. The first-order valence-electron chi connectivity index (χ1n) is 7.27. The van der Waals surface area contributed by atoms with Gasteiger partial charge in [0.15, 0.2) is 0 Å². The van der Waals surface area contributed by atoms with Crippen LogP contribution in [0.1, 0.15) is 56.6 Å². The van der Waals surface area contributed by atoms with Crippen LogP contribution in [-0.2, 0) is 12.6 Å². The van der Waals surface area contributed by atoms with Crippen molar-refractivity contribution in [1.82, 2.24) is 0 Å². The van der Waals surface area contributed by atoms with Gasteiger partial charge in [-0.25, -0.2) is 0 Å². The van der Waals surface area contributed by atoms with Crippen molar-refractivity contribution in [3.8, 4) is 0 Å². The molecule has 0 saturated carbocycles. The third kappa shape index (κ3) is 6.42. The number of benzene rings is 1. The van der Waals surface area contributed by atoms with Gasteiger partial charge >= 0.3 is 6.18 Å². The monoisotopic (exact) mass is 288 g/mol. The molecule has 1 rings (SSSR count). The van der Waals surface area contributed by atoms with Crippen LogP contribution in [0.25, 0.3) is 0 Å². The maximum absolute atomic E-state index is 12.4. The first-order chi connectivity index (χ1) is 9.43. The summed E-state index contributed by atoms with van der Waals surface area (Å²) >= 11 is 0. The van der Waals surface area contributed by atoms with E-state index >= 15 is 0 Å². The summed E-state index contributed by atoms with van der Waals surface area (Å²) < 4.78 is 37.2. The number of halogens is 3. The topological polar surface area (TPSA) is 20.2 Å². The molecular weight excluding hydrogens is 265 g/mol. The molecule has 0 heterocycles. The van der Waals surface area contributed by atoms with E-state index in [1.807, 2.05) is 0 Å². The molecule has 0 aliphatic rings. The summed E-state index contributed by atoms with van der Waals surface area (Å²) in [7, 11) is 0. The van der Waals surface area contributed by atoms with Crippen molar-refractivity contribution in [1.29, 1.82) is 0 Å². The molecule has 0 saturated heterocycles. The highest BCUT2D eigenvalue weighted by molar-refractivity contribution is 5.25. The SMILES string of the molecule is CCCCCCCC(O)Cc1ccc(C(F)(F)F)cc1. The molecule has 114 valence electrons. The fraction of sp³-hybridized carbons (Fsp3) is 0.625. The molecule has 0 spiro atoms. The molecule has 0 aliphatic heterocycles. The molecule has 1 unspecified atom stereocenters. The molecule has 4 heteroatoms. The molecule has 0 amide bonds. The highest BCUT2D eigenvalue weighted by atomic mass is 19.4. The lowest BCUT2D eigenvalue weighted by molar-refractivity contribution is -0.137. The Kier molecular flexibility index (Phi) is 7.06. The van der Waals surface area contributed by atoms with Crippen LogP contribution in [0.4, 0.5) is 13.2 Å². The van der Waals surface area contributed by atoms with Gasteiger partial charge < -0.3 is 5.11 Å². The summed E-state index contributed by atoms with van der Waals surface area (Å²) in [5, 5.41) is 9.87. The van der Waals surface area contributed by atoms with Gasteiger partial charge in [-0.1, -0.05) is 51.2 Å². The molecule has 0 fully saturated rings. The number of hydrogen-bond acceptors (Lipinski definition) is 1. The minimum Gasteiger partial charge on any atom is -0.393 e. The lowest BCUT2D eigenvalue weighted by Gasteiger charge is -2.12. The molecule has 20 heavy (non-hydrogen) atoms. The molecular formula is C16H23F3O. The van der Waals surface area contributed by atoms with Crippen molar-refractivity contribution in [2.45, 2.75) is 64.1 Å². The largest absolute Gasteiger partial charge is 0.416 e. The smallest absolute Gasteiger partial charge is 0.393 e. The van der Waals surface area contributed by atoms with E-state index in [2.05, 4.69) is 6.92 Å². The van der Waals surface area contributed by atoms with Gasteiger partial charge in [0.05, 0.1) is 11.7 Å². The summed E-state index contributed by atoms with van der Waals surface area (Å²) in [6.45, 7) is 2.15. The van der Waals surface area contributed by atoms with E-state index in [4.69, 9.17) is 0 Å². The summed E-state index contributed by atoms with van der Waals surface area (Å²) in [4.78, 5) is 0. The van der Waals surface area contributed by atoms with Gasteiger partial charge in [0.25, 0.3) is 0 Å². The number of rotatable bonds is 8. The Morgan fingerprint density at radius 1 is 1.00 bits per heavy atom. The standard InChI is InChI=1S/C16H23F3O/c1-2-3-4-5-6-7-15(20)12-13-8-10-14(11-9-13)16(17,18)19/h8-11,15,20H,2-7,12H2,1H3. The van der Waals surface area contributed by atoms with E-state index in [1.54, 1.807) is 0 Å². The fourth-order valence-electron chi connectivity index (χ4n) is 2.19. The van der Waals surface area contributed by atoms with Crippen LogP contribution in [0.15, 0.2) is 24.3 Å². The third-order valence-corrected chi connectivity index (χ3v) is 3.39. The summed E-state index contributed by atoms with van der Waals surface area (Å²) in [6, 6.07) is 5.04. The maximum Gasteiger partial charge on any atom is 0.416 e. The lowest BCUT2D eigenvalue weighted by atomic mass is 10.0. The van der Waals surface area contributed by atoms with E-state index in [0.717, 1.165) is 30.5 Å². The van der Waals surface area contributed by atoms with Gasteiger partial charge in [0, 0.05) is 0 Å². The molecule has 1 nitrogen and oxygen atoms in total. The Morgan fingerprint density at radius 2 is 1.60 bits per heavy atom. The van der Waals surface area contributed by atoms with Crippen LogP contribution >= 0.6 is 0 Å². The number of hydrogen-bond donors (Lipinski definition) is 1. The second kappa shape index (κ2) is 8.30. The minimum atomic E-state index is -4.30. The maximum atomic E-state index is 12.4. The lowest BCUT2D eigenvalue weighted by Crippen LogP contribution is -2.11. The van der Waals surface area contributed by atoms with Gasteiger partial charge in [-0.05, 0) is 30.5 Å². The van der Waals surface area contributed by atoms with E-state index in [-0.39, 0.29) is 0 Å². The van der Waals surface area contributed by atoms with Gasteiger partial charge in [-0.2, -0.15) is 13.2 Å². The molecule has 0 aromatic heterocycles. The molecule has 0 aliphatic carbocycles. The number of alkyl halides is 3. The van der Waals surface area contributed by atoms with Crippen molar-refractivity contribution in [3.63, 3.8) is 0 Å². The Labute approximate surface area is 118 Å². The number of unbranched alkanes of at least 4 members (excludes halogenated alkanes) is 4. The average molecular weight is 288 g/mol. The predicted molar refractivity (Wildman–Crippen MR) is 74.5 cm³/mol. The molecule has 1 atom stereocenters. The first kappa shape index (κ1) is 17.0. The van der Waals surface area contributed by atoms with Gasteiger partial charge in [0.2, 0.25) is 0 Å². The highest BCUT2D eigenvalue weighted by Gasteiger charge is 2.29. The van der Waals surface area contributed by atoms with Crippen LogP contribution in [0.2, 0.25) is 0 Å². The van der Waals surface area contributed by atoms with Crippen LogP contribution in [-0.4, -0.2) is 11.2 Å². The van der Waals surface area contributed by atoms with Crippen LogP contribution in [0.5, 0.6) is 0 Å². The van der Waals surface area contributed by atoms with Crippen LogP contribution < -0.4 is 0 Å². The van der Waals surface area contributed by atoms with Crippen molar-refractivity contribution < 1.29 is 18.3 Å². The Balaban J connectivity index is 2.33. The summed E-state index contributed by atoms with van der Waals surface area (Å²) in [6.07, 6.45) is 2.05. The van der Waals surface area contributed by atoms with Crippen molar-refractivity contribution in [2.24, 2.45) is 0 Å². The molecule has 1 aromatic carbocycles. The molecule has 1 aromatic rings. The predicted octanol–water partition coefficient (Wildman–Crippen LogP) is 4.97. The Hall–Kier alpha value is -1.03. The molecule has 0 bridgehead atoms. The van der Waals surface area contributed by atoms with E-state index in [1.165, 1.54) is 31.4 Å². The van der Waals surface area contributed by atoms with Crippen molar-refractivity contribution in [3.05, 3.63) is 35.4 Å². The quantitative estimate of drug-likeness (QED) is 0.670. The summed E-state index contributed by atoms with van der Waals surface area (Å²) in [5.41, 5.74) is 0.106. The average Bonchev–Trinajstić information content (AvgIpc) is 2.38. The normalized spacial score (nSPS) is 13.4. The third-order valence-electron chi connectivity index (χ3n) is 3.39. The van der Waals surface area contributed by atoms with Crippen LogP contribution in [0, 0.1) is 0 Å². The van der Waals surface area contributed by atoms with E-state index in [9.17, 15) is 18.3 Å². The zero-order valence-corrected chi connectivity index (χ0v) is 11.9. The second-order valence-electron chi connectivity index (χ2n) is 5.26. The summed E-state index contributed by atoms with van der Waals surface area (Å²) in [5.74, 6) is 0. The minimum absolute atomic E-state index is 0.423. The van der Waals surface area contributed by atoms with Gasteiger partial charge in [-0.15, -0.1) is 0 Å². The highest BCUT2D eigenvalue weighted by Crippen LogP contribution is 2.29. The molecule has 0 radical (unpaired) electrons. The van der Waals surface area contributed by atoms with Gasteiger partial charge in [-0.3, -0.25) is 0 Å². The van der Waals surface area contributed by atoms with Crippen LogP contribution in [0.3, 0.4) is 0 Å².